The Morgan fingerprint density at radius 3 is 2.37 bits per heavy atom. The van der Waals surface area contributed by atoms with Gasteiger partial charge in [-0.15, -0.1) is 0 Å². The van der Waals surface area contributed by atoms with Gasteiger partial charge in [-0.05, 0) is 27.7 Å². The maximum Gasteiger partial charge on any atom is 0.261 e. The fourth-order valence-corrected chi connectivity index (χ4v) is 2.17. The van der Waals surface area contributed by atoms with Gasteiger partial charge in [0.1, 0.15) is 12.9 Å². The van der Waals surface area contributed by atoms with Gasteiger partial charge in [0.25, 0.3) is 5.88 Å². The lowest BCUT2D eigenvalue weighted by Crippen LogP contribution is -2.39. The molecule has 0 saturated carbocycles. The van der Waals surface area contributed by atoms with Crippen LogP contribution in [-0.2, 0) is 0 Å². The van der Waals surface area contributed by atoms with Gasteiger partial charge in [-0.25, -0.2) is 4.98 Å². The Kier molecular flexibility index (Phi) is 6.31. The third-order valence-corrected chi connectivity index (χ3v) is 3.12. The number of ether oxygens (including phenoxy) is 2. The van der Waals surface area contributed by atoms with Crippen LogP contribution in [0.3, 0.4) is 0 Å². The van der Waals surface area contributed by atoms with E-state index in [4.69, 9.17) is 21.1 Å². The zero-order valence-electron chi connectivity index (χ0n) is 12.2. The number of hydrogen-bond acceptors (Lipinski definition) is 5. The van der Waals surface area contributed by atoms with E-state index in [0.29, 0.717) is 30.3 Å². The normalized spacial score (nSPS) is 11.4. The van der Waals surface area contributed by atoms with Crippen molar-refractivity contribution in [2.75, 3.05) is 20.3 Å². The van der Waals surface area contributed by atoms with Crippen LogP contribution in [0.4, 0.5) is 0 Å². The van der Waals surface area contributed by atoms with Gasteiger partial charge < -0.3 is 9.47 Å². The second-order valence-corrected chi connectivity index (χ2v) is 5.13. The van der Waals surface area contributed by atoms with Gasteiger partial charge in [0.05, 0.1) is 7.11 Å². The van der Waals surface area contributed by atoms with Crippen LogP contribution >= 0.6 is 11.6 Å². The summed E-state index contributed by atoms with van der Waals surface area (Å²) in [7, 11) is 1.52. The van der Waals surface area contributed by atoms with Crippen LogP contribution in [0, 0.1) is 0 Å². The number of rotatable bonds is 7. The van der Waals surface area contributed by atoms with E-state index >= 15 is 0 Å². The zero-order valence-corrected chi connectivity index (χ0v) is 12.9. The molecule has 0 atom stereocenters. The van der Waals surface area contributed by atoms with Gasteiger partial charge in [0.15, 0.2) is 5.15 Å². The number of halogens is 1. The van der Waals surface area contributed by atoms with Crippen LogP contribution in [0.5, 0.6) is 11.6 Å². The quantitative estimate of drug-likeness (QED) is 0.722. The maximum atomic E-state index is 5.91. The van der Waals surface area contributed by atoms with Gasteiger partial charge in [-0.2, -0.15) is 4.98 Å². The summed E-state index contributed by atoms with van der Waals surface area (Å²) in [5, 5.41) is 0.261. The molecule has 1 aromatic rings. The van der Waals surface area contributed by atoms with Crippen molar-refractivity contribution in [3.63, 3.8) is 0 Å². The molecule has 0 amide bonds. The summed E-state index contributed by atoms with van der Waals surface area (Å²) >= 11 is 5.91. The predicted molar refractivity (Wildman–Crippen MR) is 76.1 cm³/mol. The minimum atomic E-state index is 0.261. The van der Waals surface area contributed by atoms with Crippen molar-refractivity contribution >= 4 is 11.6 Å². The third kappa shape index (κ3) is 4.51. The Morgan fingerprint density at radius 2 is 1.84 bits per heavy atom. The maximum absolute atomic E-state index is 5.91. The van der Waals surface area contributed by atoms with Crippen LogP contribution in [0.25, 0.3) is 0 Å². The first kappa shape index (κ1) is 16.0. The van der Waals surface area contributed by atoms with E-state index in [-0.39, 0.29) is 5.15 Å². The van der Waals surface area contributed by atoms with Crippen LogP contribution in [0.15, 0.2) is 6.33 Å². The van der Waals surface area contributed by atoms with Crippen molar-refractivity contribution in [1.29, 1.82) is 0 Å². The summed E-state index contributed by atoms with van der Waals surface area (Å²) in [6.45, 7) is 10.0. The highest BCUT2D eigenvalue weighted by Crippen LogP contribution is 2.30. The minimum Gasteiger partial charge on any atom is -0.489 e. The number of aromatic nitrogens is 2. The fourth-order valence-electron chi connectivity index (χ4n) is 1.97. The molecule has 0 aliphatic rings. The second-order valence-electron chi connectivity index (χ2n) is 4.78. The Bertz CT molecular complexity index is 391. The lowest BCUT2D eigenvalue weighted by molar-refractivity contribution is 0.138. The number of methoxy groups -OCH3 is 1. The van der Waals surface area contributed by atoms with E-state index < -0.39 is 0 Å². The van der Waals surface area contributed by atoms with E-state index in [1.807, 2.05) is 0 Å². The molecule has 0 N–H and O–H groups in total. The van der Waals surface area contributed by atoms with Gasteiger partial charge in [0.2, 0.25) is 5.75 Å². The molecular weight excluding hydrogens is 266 g/mol. The molecule has 0 aliphatic heterocycles. The Hall–Kier alpha value is -1.07. The molecule has 0 fully saturated rings. The molecule has 0 saturated heterocycles. The molecular formula is C13H22ClN3O2. The van der Waals surface area contributed by atoms with E-state index in [1.54, 1.807) is 0 Å². The monoisotopic (exact) mass is 287 g/mol. The SMILES string of the molecule is COc1c(Cl)ncnc1OCCN(C(C)C)C(C)C. The van der Waals surface area contributed by atoms with Gasteiger partial charge in [0, 0.05) is 18.6 Å². The third-order valence-electron chi connectivity index (χ3n) is 2.85. The van der Waals surface area contributed by atoms with E-state index in [1.165, 1.54) is 13.4 Å². The van der Waals surface area contributed by atoms with Crippen LogP contribution in [0.2, 0.25) is 5.15 Å². The molecule has 1 rings (SSSR count). The molecule has 0 bridgehead atoms. The molecule has 0 unspecified atom stereocenters. The average Bonchev–Trinajstić information content (AvgIpc) is 2.33. The molecule has 0 aliphatic carbocycles. The lowest BCUT2D eigenvalue weighted by Gasteiger charge is -2.30. The van der Waals surface area contributed by atoms with Crippen molar-refractivity contribution in [2.24, 2.45) is 0 Å². The van der Waals surface area contributed by atoms with Crippen molar-refractivity contribution in [2.45, 2.75) is 39.8 Å². The largest absolute Gasteiger partial charge is 0.489 e. The van der Waals surface area contributed by atoms with Crippen molar-refractivity contribution in [3.05, 3.63) is 11.5 Å². The highest BCUT2D eigenvalue weighted by molar-refractivity contribution is 6.31. The van der Waals surface area contributed by atoms with Crippen molar-refractivity contribution < 1.29 is 9.47 Å². The summed E-state index contributed by atoms with van der Waals surface area (Å²) in [6, 6.07) is 0.943. The highest BCUT2D eigenvalue weighted by atomic mass is 35.5. The first-order chi connectivity index (χ1) is 8.97. The van der Waals surface area contributed by atoms with Gasteiger partial charge in [-0.3, -0.25) is 4.90 Å². The molecule has 0 aromatic carbocycles. The Balaban J connectivity index is 2.60. The summed E-state index contributed by atoms with van der Waals surface area (Å²) in [5.41, 5.74) is 0. The van der Waals surface area contributed by atoms with Crippen LogP contribution < -0.4 is 9.47 Å². The van der Waals surface area contributed by atoms with E-state index in [9.17, 15) is 0 Å². The fraction of sp³-hybridized carbons (Fsp3) is 0.692. The average molecular weight is 288 g/mol. The highest BCUT2D eigenvalue weighted by Gasteiger charge is 2.15. The Labute approximate surface area is 119 Å². The number of hydrogen-bond donors (Lipinski definition) is 0. The van der Waals surface area contributed by atoms with Crippen molar-refractivity contribution in [1.82, 2.24) is 14.9 Å². The smallest absolute Gasteiger partial charge is 0.261 e. The molecule has 19 heavy (non-hydrogen) atoms. The first-order valence-corrected chi connectivity index (χ1v) is 6.78. The molecule has 0 radical (unpaired) electrons. The zero-order chi connectivity index (χ0) is 14.4. The number of nitrogens with zero attached hydrogens (tertiary/aromatic N) is 3. The van der Waals surface area contributed by atoms with Crippen LogP contribution in [-0.4, -0.2) is 47.2 Å². The van der Waals surface area contributed by atoms with Gasteiger partial charge in [-0.1, -0.05) is 11.6 Å². The summed E-state index contributed by atoms with van der Waals surface area (Å²) < 4.78 is 10.8. The van der Waals surface area contributed by atoms with Gasteiger partial charge >= 0.3 is 0 Å². The molecule has 5 nitrogen and oxygen atoms in total. The summed E-state index contributed by atoms with van der Waals surface area (Å²) in [6.07, 6.45) is 1.36. The second kappa shape index (κ2) is 7.50. The Morgan fingerprint density at radius 1 is 1.21 bits per heavy atom. The van der Waals surface area contributed by atoms with E-state index in [2.05, 4.69) is 42.6 Å². The lowest BCUT2D eigenvalue weighted by atomic mass is 10.2. The van der Waals surface area contributed by atoms with Crippen LogP contribution in [0.1, 0.15) is 27.7 Å². The van der Waals surface area contributed by atoms with Crippen molar-refractivity contribution in [3.8, 4) is 11.6 Å². The predicted octanol–water partition coefficient (Wildman–Crippen LogP) is 2.64. The summed E-state index contributed by atoms with van der Waals surface area (Å²) in [5.74, 6) is 0.764. The molecule has 1 aromatic heterocycles. The first-order valence-electron chi connectivity index (χ1n) is 6.40. The summed E-state index contributed by atoms with van der Waals surface area (Å²) in [4.78, 5) is 10.2. The standard InChI is InChI=1S/C13H22ClN3O2/c1-9(2)17(10(3)4)6-7-19-13-11(18-5)12(14)15-8-16-13/h8-10H,6-7H2,1-5H3. The molecule has 1 heterocycles. The minimum absolute atomic E-state index is 0.261. The topological polar surface area (TPSA) is 47.5 Å². The molecule has 108 valence electrons. The molecule has 0 spiro atoms. The molecule has 6 heteroatoms. The van der Waals surface area contributed by atoms with E-state index in [0.717, 1.165) is 6.54 Å².